The molecule has 0 aliphatic rings. The van der Waals surface area contributed by atoms with Gasteiger partial charge in [0.1, 0.15) is 0 Å². The summed E-state index contributed by atoms with van der Waals surface area (Å²) in [4.78, 5) is 14.2. The SMILES string of the molecule is CCCC(C)(N)C(=O)N(C)C(C)c1ccc(C)cc1. The highest BCUT2D eigenvalue weighted by atomic mass is 16.2. The maximum atomic E-state index is 12.4. The molecule has 0 bridgehead atoms. The summed E-state index contributed by atoms with van der Waals surface area (Å²) >= 11 is 0. The molecule has 3 nitrogen and oxygen atoms in total. The quantitative estimate of drug-likeness (QED) is 0.886. The van der Waals surface area contributed by atoms with E-state index in [0.29, 0.717) is 6.42 Å². The molecule has 1 aromatic rings. The minimum atomic E-state index is -0.775. The topological polar surface area (TPSA) is 46.3 Å². The van der Waals surface area contributed by atoms with Crippen molar-refractivity contribution in [2.24, 2.45) is 5.73 Å². The van der Waals surface area contributed by atoms with Crippen molar-refractivity contribution >= 4 is 5.91 Å². The van der Waals surface area contributed by atoms with E-state index in [2.05, 4.69) is 31.2 Å². The van der Waals surface area contributed by atoms with Gasteiger partial charge in [-0.25, -0.2) is 0 Å². The van der Waals surface area contributed by atoms with Crippen molar-refractivity contribution in [3.05, 3.63) is 35.4 Å². The first-order valence-corrected chi connectivity index (χ1v) is 6.92. The molecular formula is C16H26N2O. The Morgan fingerprint density at radius 3 is 2.37 bits per heavy atom. The Morgan fingerprint density at radius 2 is 1.89 bits per heavy atom. The zero-order valence-corrected chi connectivity index (χ0v) is 12.7. The molecule has 3 heteroatoms. The first-order chi connectivity index (χ1) is 8.79. The summed E-state index contributed by atoms with van der Waals surface area (Å²) in [6, 6.07) is 8.30. The Bertz CT molecular complexity index is 423. The Balaban J connectivity index is 2.84. The van der Waals surface area contributed by atoms with Crippen LogP contribution in [0.1, 0.15) is 50.8 Å². The van der Waals surface area contributed by atoms with E-state index in [0.717, 1.165) is 12.0 Å². The maximum absolute atomic E-state index is 12.4. The lowest BCUT2D eigenvalue weighted by molar-refractivity contribution is -0.137. The number of carbonyl (C=O) groups is 1. The van der Waals surface area contributed by atoms with Crippen molar-refractivity contribution in [2.75, 3.05) is 7.05 Å². The van der Waals surface area contributed by atoms with Crippen molar-refractivity contribution in [3.63, 3.8) is 0 Å². The lowest BCUT2D eigenvalue weighted by atomic mass is 9.94. The van der Waals surface area contributed by atoms with Gasteiger partial charge in [0.05, 0.1) is 11.6 Å². The molecule has 0 fully saturated rings. The van der Waals surface area contributed by atoms with Crippen LogP contribution in [0.4, 0.5) is 0 Å². The average Bonchev–Trinajstić information content (AvgIpc) is 2.37. The largest absolute Gasteiger partial charge is 0.337 e. The van der Waals surface area contributed by atoms with Gasteiger partial charge < -0.3 is 10.6 Å². The number of carbonyl (C=O) groups excluding carboxylic acids is 1. The minimum absolute atomic E-state index is 0.00225. The number of rotatable bonds is 5. The highest BCUT2D eigenvalue weighted by Crippen LogP contribution is 2.23. The minimum Gasteiger partial charge on any atom is -0.337 e. The highest BCUT2D eigenvalue weighted by Gasteiger charge is 2.32. The van der Waals surface area contributed by atoms with Crippen LogP contribution in [0.5, 0.6) is 0 Å². The number of likely N-dealkylation sites (N-methyl/N-ethyl adjacent to an activating group) is 1. The zero-order chi connectivity index (χ0) is 14.6. The molecule has 0 aliphatic heterocycles. The molecule has 0 radical (unpaired) electrons. The summed E-state index contributed by atoms with van der Waals surface area (Å²) < 4.78 is 0. The smallest absolute Gasteiger partial charge is 0.242 e. The molecular weight excluding hydrogens is 236 g/mol. The molecule has 0 spiro atoms. The first-order valence-electron chi connectivity index (χ1n) is 6.92. The summed E-state index contributed by atoms with van der Waals surface area (Å²) in [5.74, 6) is 0.00225. The summed E-state index contributed by atoms with van der Waals surface area (Å²) in [5.41, 5.74) is 7.70. The van der Waals surface area contributed by atoms with Crippen molar-refractivity contribution in [2.45, 2.75) is 52.1 Å². The van der Waals surface area contributed by atoms with E-state index in [4.69, 9.17) is 5.73 Å². The monoisotopic (exact) mass is 262 g/mol. The van der Waals surface area contributed by atoms with Crippen LogP contribution in [0.15, 0.2) is 24.3 Å². The number of hydrogen-bond acceptors (Lipinski definition) is 2. The Hall–Kier alpha value is -1.35. The Morgan fingerprint density at radius 1 is 1.37 bits per heavy atom. The predicted molar refractivity (Wildman–Crippen MR) is 79.9 cm³/mol. The third kappa shape index (κ3) is 3.80. The van der Waals surface area contributed by atoms with E-state index in [9.17, 15) is 4.79 Å². The lowest BCUT2D eigenvalue weighted by Gasteiger charge is -2.33. The molecule has 0 aromatic heterocycles. The molecule has 2 N–H and O–H groups in total. The molecule has 106 valence electrons. The fraction of sp³-hybridized carbons (Fsp3) is 0.562. The van der Waals surface area contributed by atoms with Crippen LogP contribution in [-0.4, -0.2) is 23.4 Å². The van der Waals surface area contributed by atoms with Gasteiger partial charge in [0.2, 0.25) is 5.91 Å². The van der Waals surface area contributed by atoms with Crippen molar-refractivity contribution in [1.29, 1.82) is 0 Å². The van der Waals surface area contributed by atoms with E-state index < -0.39 is 5.54 Å². The Labute approximate surface area is 116 Å². The number of amides is 1. The zero-order valence-electron chi connectivity index (χ0n) is 12.7. The van der Waals surface area contributed by atoms with Crippen LogP contribution < -0.4 is 5.73 Å². The first kappa shape index (κ1) is 15.7. The normalized spacial score (nSPS) is 15.7. The molecule has 0 aliphatic carbocycles. The van der Waals surface area contributed by atoms with Crippen LogP contribution >= 0.6 is 0 Å². The van der Waals surface area contributed by atoms with E-state index >= 15 is 0 Å². The van der Waals surface area contributed by atoms with E-state index in [-0.39, 0.29) is 11.9 Å². The molecule has 19 heavy (non-hydrogen) atoms. The van der Waals surface area contributed by atoms with E-state index in [1.165, 1.54) is 5.56 Å². The van der Waals surface area contributed by atoms with Gasteiger partial charge in [0, 0.05) is 7.05 Å². The molecule has 0 heterocycles. The van der Waals surface area contributed by atoms with Crippen LogP contribution in [-0.2, 0) is 4.79 Å². The van der Waals surface area contributed by atoms with Gasteiger partial charge in [-0.2, -0.15) is 0 Å². The maximum Gasteiger partial charge on any atom is 0.242 e. The number of nitrogens with zero attached hydrogens (tertiary/aromatic N) is 1. The number of nitrogens with two attached hydrogens (primary N) is 1. The predicted octanol–water partition coefficient (Wildman–Crippen LogP) is 3.03. The molecule has 1 amide bonds. The van der Waals surface area contributed by atoms with Crippen LogP contribution in [0.2, 0.25) is 0 Å². The summed E-state index contributed by atoms with van der Waals surface area (Å²) in [5, 5.41) is 0. The van der Waals surface area contributed by atoms with Gasteiger partial charge in [0.25, 0.3) is 0 Å². The Kier molecular flexibility index (Phi) is 5.12. The summed E-state index contributed by atoms with van der Waals surface area (Å²) in [6.07, 6.45) is 1.61. The molecule has 1 aromatic carbocycles. The third-order valence-corrected chi connectivity index (χ3v) is 3.72. The third-order valence-electron chi connectivity index (χ3n) is 3.72. The van der Waals surface area contributed by atoms with Crippen molar-refractivity contribution in [1.82, 2.24) is 4.90 Å². The van der Waals surface area contributed by atoms with E-state index in [1.54, 1.807) is 4.90 Å². The van der Waals surface area contributed by atoms with Gasteiger partial charge in [-0.15, -0.1) is 0 Å². The van der Waals surface area contributed by atoms with Gasteiger partial charge in [-0.05, 0) is 32.8 Å². The van der Waals surface area contributed by atoms with Gasteiger partial charge in [0.15, 0.2) is 0 Å². The van der Waals surface area contributed by atoms with Crippen molar-refractivity contribution in [3.8, 4) is 0 Å². The summed E-state index contributed by atoms with van der Waals surface area (Å²) in [7, 11) is 1.83. The summed E-state index contributed by atoms with van der Waals surface area (Å²) in [6.45, 7) is 7.95. The second-order valence-corrected chi connectivity index (χ2v) is 5.67. The fourth-order valence-electron chi connectivity index (χ4n) is 2.27. The van der Waals surface area contributed by atoms with Gasteiger partial charge in [-0.1, -0.05) is 43.2 Å². The van der Waals surface area contributed by atoms with E-state index in [1.807, 2.05) is 27.8 Å². The van der Waals surface area contributed by atoms with Gasteiger partial charge >= 0.3 is 0 Å². The number of benzene rings is 1. The standard InChI is InChI=1S/C16H26N2O/c1-6-11-16(4,17)15(19)18(5)13(3)14-9-7-12(2)8-10-14/h7-10,13H,6,11,17H2,1-5H3. The second-order valence-electron chi connectivity index (χ2n) is 5.67. The highest BCUT2D eigenvalue weighted by molar-refractivity contribution is 5.85. The number of aryl methyl sites for hydroxylation is 1. The van der Waals surface area contributed by atoms with Gasteiger partial charge in [-0.3, -0.25) is 4.79 Å². The molecule has 2 unspecified atom stereocenters. The molecule has 2 atom stereocenters. The molecule has 0 saturated heterocycles. The van der Waals surface area contributed by atoms with Crippen LogP contribution in [0.3, 0.4) is 0 Å². The lowest BCUT2D eigenvalue weighted by Crippen LogP contribution is -2.52. The van der Waals surface area contributed by atoms with Crippen LogP contribution in [0.25, 0.3) is 0 Å². The average molecular weight is 262 g/mol. The second kappa shape index (κ2) is 6.20. The van der Waals surface area contributed by atoms with Crippen molar-refractivity contribution < 1.29 is 4.79 Å². The van der Waals surface area contributed by atoms with Crippen LogP contribution in [0, 0.1) is 6.92 Å². The molecule has 1 rings (SSSR count). The molecule has 0 saturated carbocycles. The fourth-order valence-corrected chi connectivity index (χ4v) is 2.27. The number of hydrogen-bond donors (Lipinski definition) is 1.